The third-order valence-electron chi connectivity index (χ3n) is 4.29. The number of thiophene rings is 1. The molecule has 0 aromatic carbocycles. The summed E-state index contributed by atoms with van der Waals surface area (Å²) in [4.78, 5) is 18.0. The summed E-state index contributed by atoms with van der Waals surface area (Å²) in [6, 6.07) is 0. The molecule has 7 heteroatoms. The highest BCUT2D eigenvalue weighted by Crippen LogP contribution is 2.40. The molecule has 0 radical (unpaired) electrons. The minimum atomic E-state index is 0.660. The van der Waals surface area contributed by atoms with Gasteiger partial charge in [0.1, 0.15) is 29.1 Å². The second-order valence-electron chi connectivity index (χ2n) is 6.02. The molecule has 0 saturated carbocycles. The van der Waals surface area contributed by atoms with Crippen molar-refractivity contribution in [3.8, 4) is 0 Å². The van der Waals surface area contributed by atoms with E-state index in [9.17, 15) is 0 Å². The summed E-state index contributed by atoms with van der Waals surface area (Å²) in [6.45, 7) is 2.99. The van der Waals surface area contributed by atoms with Crippen molar-refractivity contribution in [1.29, 1.82) is 0 Å². The third-order valence-corrected chi connectivity index (χ3v) is 5.45. The van der Waals surface area contributed by atoms with Gasteiger partial charge in [-0.25, -0.2) is 15.0 Å². The number of nitrogens with one attached hydrogen (secondary N) is 1. The maximum absolute atomic E-state index is 4.55. The lowest BCUT2D eigenvalue weighted by Crippen LogP contribution is -2.19. The van der Waals surface area contributed by atoms with Crippen LogP contribution in [0, 0.1) is 5.92 Å². The molecule has 0 fully saturated rings. The summed E-state index contributed by atoms with van der Waals surface area (Å²) in [5.74, 6) is 2.60. The van der Waals surface area contributed by atoms with E-state index in [2.05, 4.69) is 37.0 Å². The molecule has 1 N–H and O–H groups in total. The molecular formula is C15H18N6S. The van der Waals surface area contributed by atoms with E-state index in [0.29, 0.717) is 6.54 Å². The number of nitrogens with zero attached hydrogens (tertiary/aromatic N) is 5. The number of anilines is 1. The largest absolute Gasteiger partial charge is 0.352 e. The van der Waals surface area contributed by atoms with Crippen molar-refractivity contribution in [3.63, 3.8) is 0 Å². The van der Waals surface area contributed by atoms with Crippen molar-refractivity contribution < 1.29 is 0 Å². The van der Waals surface area contributed by atoms with Crippen LogP contribution in [0.1, 0.15) is 29.6 Å². The Kier molecular flexibility index (Phi) is 3.29. The van der Waals surface area contributed by atoms with Gasteiger partial charge in [-0.05, 0) is 30.7 Å². The fourth-order valence-electron chi connectivity index (χ4n) is 3.15. The molecule has 6 nitrogen and oxygen atoms in total. The van der Waals surface area contributed by atoms with Crippen molar-refractivity contribution >= 4 is 27.4 Å². The fraction of sp³-hybridized carbons (Fsp3) is 0.467. The third kappa shape index (κ3) is 2.25. The minimum absolute atomic E-state index is 0.660. The predicted molar refractivity (Wildman–Crippen MR) is 87.1 cm³/mol. The highest BCUT2D eigenvalue weighted by Gasteiger charge is 2.24. The smallest absolute Gasteiger partial charge is 0.143 e. The Morgan fingerprint density at radius 1 is 1.32 bits per heavy atom. The van der Waals surface area contributed by atoms with Gasteiger partial charge >= 0.3 is 0 Å². The number of aromatic nitrogens is 5. The van der Waals surface area contributed by atoms with E-state index in [0.717, 1.165) is 28.8 Å². The van der Waals surface area contributed by atoms with Crippen molar-refractivity contribution in [2.75, 3.05) is 11.9 Å². The first-order valence-electron chi connectivity index (χ1n) is 7.53. The van der Waals surface area contributed by atoms with Crippen LogP contribution in [0.5, 0.6) is 0 Å². The minimum Gasteiger partial charge on any atom is -0.352 e. The van der Waals surface area contributed by atoms with Crippen LogP contribution in [0.15, 0.2) is 12.7 Å². The van der Waals surface area contributed by atoms with Gasteiger partial charge in [-0.3, -0.25) is 5.10 Å². The maximum Gasteiger partial charge on any atom is 0.143 e. The monoisotopic (exact) mass is 314 g/mol. The van der Waals surface area contributed by atoms with E-state index >= 15 is 0 Å². The highest BCUT2D eigenvalue weighted by molar-refractivity contribution is 7.19. The predicted octanol–water partition coefficient (Wildman–Crippen LogP) is 2.57. The van der Waals surface area contributed by atoms with Gasteiger partial charge < -0.3 is 4.90 Å². The molecule has 1 aliphatic carbocycles. The number of H-pyrrole nitrogens is 1. The van der Waals surface area contributed by atoms with Crippen LogP contribution < -0.4 is 4.90 Å². The van der Waals surface area contributed by atoms with Crippen LogP contribution in [0.25, 0.3) is 10.2 Å². The van der Waals surface area contributed by atoms with E-state index in [4.69, 9.17) is 0 Å². The first-order chi connectivity index (χ1) is 10.7. The van der Waals surface area contributed by atoms with Crippen LogP contribution in [0.2, 0.25) is 0 Å². The summed E-state index contributed by atoms with van der Waals surface area (Å²) < 4.78 is 0. The molecule has 3 aromatic rings. The topological polar surface area (TPSA) is 70.6 Å². The average molecular weight is 314 g/mol. The van der Waals surface area contributed by atoms with Gasteiger partial charge in [-0.15, -0.1) is 11.3 Å². The second-order valence-corrected chi connectivity index (χ2v) is 7.10. The zero-order valence-corrected chi connectivity index (χ0v) is 13.5. The van der Waals surface area contributed by atoms with Gasteiger partial charge in [-0.1, -0.05) is 6.92 Å². The lowest BCUT2D eigenvalue weighted by atomic mass is 9.89. The Morgan fingerprint density at radius 3 is 3.05 bits per heavy atom. The van der Waals surface area contributed by atoms with Crippen LogP contribution >= 0.6 is 11.3 Å². The fourth-order valence-corrected chi connectivity index (χ4v) is 4.50. The van der Waals surface area contributed by atoms with Gasteiger partial charge in [-0.2, -0.15) is 5.10 Å². The maximum atomic E-state index is 4.55. The zero-order valence-electron chi connectivity index (χ0n) is 12.7. The molecule has 0 spiro atoms. The first kappa shape index (κ1) is 13.6. The SMILES string of the molecule is CC1CCc2c(sc3ncnc(N(C)Cc4ncn[nH]4)c23)C1. The molecule has 3 aromatic heterocycles. The van der Waals surface area contributed by atoms with Crippen LogP contribution in [-0.2, 0) is 19.4 Å². The first-order valence-corrected chi connectivity index (χ1v) is 8.34. The van der Waals surface area contributed by atoms with E-state index in [1.54, 1.807) is 6.33 Å². The molecular weight excluding hydrogens is 296 g/mol. The molecule has 3 heterocycles. The Labute approximate surface area is 132 Å². The van der Waals surface area contributed by atoms with Gasteiger partial charge in [0.25, 0.3) is 0 Å². The molecule has 22 heavy (non-hydrogen) atoms. The molecule has 0 bridgehead atoms. The van der Waals surface area contributed by atoms with E-state index < -0.39 is 0 Å². The number of fused-ring (bicyclic) bond motifs is 3. The summed E-state index contributed by atoms with van der Waals surface area (Å²) in [5, 5.41) is 8.04. The van der Waals surface area contributed by atoms with Crippen molar-refractivity contribution in [2.24, 2.45) is 5.92 Å². The summed E-state index contributed by atoms with van der Waals surface area (Å²) in [7, 11) is 2.04. The van der Waals surface area contributed by atoms with E-state index in [1.807, 2.05) is 18.4 Å². The molecule has 4 rings (SSSR count). The van der Waals surface area contributed by atoms with E-state index in [-0.39, 0.29) is 0 Å². The van der Waals surface area contributed by atoms with Gasteiger partial charge in [0, 0.05) is 11.9 Å². The number of rotatable bonds is 3. The summed E-state index contributed by atoms with van der Waals surface area (Å²) >= 11 is 1.83. The lowest BCUT2D eigenvalue weighted by Gasteiger charge is -2.21. The number of hydrogen-bond donors (Lipinski definition) is 1. The molecule has 1 atom stereocenters. The zero-order chi connectivity index (χ0) is 15.1. The Hall–Kier alpha value is -2.02. The number of aromatic amines is 1. The Balaban J connectivity index is 1.77. The molecule has 0 amide bonds. The van der Waals surface area contributed by atoms with Crippen molar-refractivity contribution in [1.82, 2.24) is 25.1 Å². The number of aryl methyl sites for hydroxylation is 1. The Bertz CT molecular complexity index is 794. The van der Waals surface area contributed by atoms with Crippen molar-refractivity contribution in [2.45, 2.75) is 32.7 Å². The molecule has 1 unspecified atom stereocenters. The van der Waals surface area contributed by atoms with Crippen LogP contribution in [0.3, 0.4) is 0 Å². The Morgan fingerprint density at radius 2 is 2.23 bits per heavy atom. The van der Waals surface area contributed by atoms with Crippen LogP contribution in [-0.4, -0.2) is 32.2 Å². The summed E-state index contributed by atoms with van der Waals surface area (Å²) in [5.41, 5.74) is 1.46. The molecule has 114 valence electrons. The normalized spacial score (nSPS) is 17.6. The molecule has 0 saturated heterocycles. The van der Waals surface area contributed by atoms with E-state index in [1.165, 1.54) is 35.0 Å². The molecule has 1 aliphatic rings. The standard InChI is InChI=1S/C15H18N6S/c1-9-3-4-10-11(5-9)22-15-13(10)14(17-7-18-15)21(2)6-12-16-8-19-20-12/h7-9H,3-6H2,1-2H3,(H,16,19,20). The number of hydrogen-bond acceptors (Lipinski definition) is 6. The van der Waals surface area contributed by atoms with Crippen LogP contribution in [0.4, 0.5) is 5.82 Å². The second kappa shape index (κ2) is 5.31. The highest BCUT2D eigenvalue weighted by atomic mass is 32.1. The van der Waals surface area contributed by atoms with Gasteiger partial charge in [0.05, 0.1) is 11.9 Å². The quantitative estimate of drug-likeness (QED) is 0.804. The van der Waals surface area contributed by atoms with Crippen molar-refractivity contribution in [3.05, 3.63) is 28.9 Å². The molecule has 0 aliphatic heterocycles. The average Bonchev–Trinajstić information content (AvgIpc) is 3.12. The van der Waals surface area contributed by atoms with Gasteiger partial charge in [0.2, 0.25) is 0 Å². The summed E-state index contributed by atoms with van der Waals surface area (Å²) in [6.07, 6.45) is 6.75. The lowest BCUT2D eigenvalue weighted by molar-refractivity contribution is 0.509. The van der Waals surface area contributed by atoms with Gasteiger partial charge in [0.15, 0.2) is 0 Å².